The molecule has 0 bridgehead atoms. The quantitative estimate of drug-likeness (QED) is 0.431. The summed E-state index contributed by atoms with van der Waals surface area (Å²) in [5.41, 5.74) is -0.443. The summed E-state index contributed by atoms with van der Waals surface area (Å²) in [4.78, 5) is 25.3. The smallest absolute Gasteiger partial charge is 0.335 e. The van der Waals surface area contributed by atoms with Crippen molar-refractivity contribution in [1.82, 2.24) is 0 Å². The van der Waals surface area contributed by atoms with Gasteiger partial charge in [0.05, 0.1) is 0 Å². The molecule has 0 heterocycles. The molecule has 0 amide bonds. The molecule has 4 nitrogen and oxygen atoms in total. The zero-order chi connectivity index (χ0) is 25.3. The van der Waals surface area contributed by atoms with Crippen molar-refractivity contribution in [2.24, 2.45) is 45.3 Å². The Morgan fingerprint density at radius 2 is 1.62 bits per heavy atom. The summed E-state index contributed by atoms with van der Waals surface area (Å²) < 4.78 is 0. The van der Waals surface area contributed by atoms with E-state index in [1.165, 1.54) is 0 Å². The maximum atomic E-state index is 12.9. The van der Waals surface area contributed by atoms with Crippen molar-refractivity contribution in [3.05, 3.63) is 11.6 Å². The summed E-state index contributed by atoms with van der Waals surface area (Å²) in [6, 6.07) is 0. The number of rotatable bonds is 5. The minimum atomic E-state index is -1.65. The molecule has 4 fully saturated rings. The number of hydrogen-bond donors (Lipinski definition) is 2. The Hall–Kier alpha value is -1.16. The van der Waals surface area contributed by atoms with Gasteiger partial charge in [-0.2, -0.15) is 0 Å². The Labute approximate surface area is 207 Å². The Bertz CT molecular complexity index is 884. The van der Waals surface area contributed by atoms with Crippen molar-refractivity contribution in [2.45, 2.75) is 118 Å². The predicted octanol–water partition coefficient (Wildman–Crippen LogP) is 6.80. The first-order chi connectivity index (χ1) is 15.6. The molecule has 4 aliphatic rings. The lowest BCUT2D eigenvalue weighted by atomic mass is 9.35. The van der Waals surface area contributed by atoms with E-state index in [0.717, 1.165) is 50.5 Å². The summed E-state index contributed by atoms with van der Waals surface area (Å²) in [6.45, 7) is 15.8. The van der Waals surface area contributed by atoms with Crippen LogP contribution in [-0.2, 0) is 9.59 Å². The molecule has 0 spiro atoms. The molecule has 192 valence electrons. The number of carbonyl (C=O) groups is 2. The van der Waals surface area contributed by atoms with Gasteiger partial charge >= 0.3 is 5.97 Å². The van der Waals surface area contributed by atoms with E-state index in [4.69, 9.17) is 0 Å². The van der Waals surface area contributed by atoms with Crippen LogP contribution in [0, 0.1) is 45.3 Å². The minimum Gasteiger partial charge on any atom is -0.479 e. The molecule has 0 aromatic rings. The average Bonchev–Trinajstić information content (AvgIpc) is 3.09. The maximum Gasteiger partial charge on any atom is 0.335 e. The van der Waals surface area contributed by atoms with Gasteiger partial charge in [-0.05, 0) is 106 Å². The van der Waals surface area contributed by atoms with Gasteiger partial charge in [0.2, 0.25) is 0 Å². The fourth-order valence-corrected chi connectivity index (χ4v) is 10.1. The second-order valence-electron chi connectivity index (χ2n) is 14.0. The third-order valence-corrected chi connectivity index (χ3v) is 12.2. The number of ketones is 1. The van der Waals surface area contributed by atoms with Crippen LogP contribution in [0.1, 0.15) is 113 Å². The lowest BCUT2D eigenvalue weighted by molar-refractivity contribution is -0.209. The van der Waals surface area contributed by atoms with Crippen molar-refractivity contribution in [2.75, 3.05) is 0 Å². The third-order valence-electron chi connectivity index (χ3n) is 12.2. The highest BCUT2D eigenvalue weighted by molar-refractivity contribution is 5.85. The first-order valence-electron chi connectivity index (χ1n) is 13.8. The van der Waals surface area contributed by atoms with Crippen molar-refractivity contribution >= 4 is 11.8 Å². The predicted molar refractivity (Wildman–Crippen MR) is 135 cm³/mol. The van der Waals surface area contributed by atoms with Crippen LogP contribution in [0.15, 0.2) is 11.6 Å². The van der Waals surface area contributed by atoms with Gasteiger partial charge in [-0.1, -0.05) is 46.3 Å². The van der Waals surface area contributed by atoms with E-state index in [9.17, 15) is 19.8 Å². The van der Waals surface area contributed by atoms with E-state index in [1.54, 1.807) is 0 Å². The molecule has 4 aliphatic carbocycles. The number of carboxylic acids is 1. The highest BCUT2D eigenvalue weighted by atomic mass is 16.4. The lowest BCUT2D eigenvalue weighted by Crippen LogP contribution is -2.64. The second-order valence-corrected chi connectivity index (χ2v) is 14.0. The summed E-state index contributed by atoms with van der Waals surface area (Å²) in [6.07, 6.45) is 10.7. The molecule has 4 rings (SSSR count). The zero-order valence-corrected chi connectivity index (χ0v) is 22.7. The van der Waals surface area contributed by atoms with Gasteiger partial charge < -0.3 is 10.2 Å². The number of hydrogen-bond acceptors (Lipinski definition) is 3. The van der Waals surface area contributed by atoms with Crippen molar-refractivity contribution in [1.29, 1.82) is 0 Å². The SMILES string of the molecule is CC(C)=CCCC(O)(C(=O)O)C1CCC2(C)C1CCC1C3(C)CCC(=O)C(C)(C)C3CCC12C. The van der Waals surface area contributed by atoms with Crippen LogP contribution < -0.4 is 0 Å². The van der Waals surface area contributed by atoms with Crippen LogP contribution in [0.3, 0.4) is 0 Å². The molecule has 2 N–H and O–H groups in total. The largest absolute Gasteiger partial charge is 0.479 e. The Morgan fingerprint density at radius 1 is 0.971 bits per heavy atom. The van der Waals surface area contributed by atoms with Gasteiger partial charge in [-0.15, -0.1) is 0 Å². The Kier molecular flexibility index (Phi) is 6.24. The maximum absolute atomic E-state index is 12.9. The van der Waals surface area contributed by atoms with Crippen molar-refractivity contribution in [3.63, 3.8) is 0 Å². The first-order valence-corrected chi connectivity index (χ1v) is 13.8. The van der Waals surface area contributed by atoms with Gasteiger partial charge in [0.1, 0.15) is 5.78 Å². The van der Waals surface area contributed by atoms with Crippen LogP contribution in [0.25, 0.3) is 0 Å². The summed E-state index contributed by atoms with van der Waals surface area (Å²) in [5.74, 6) is 0.418. The number of carboxylic acid groups (broad SMARTS) is 1. The standard InChI is InChI=1S/C30H48O4/c1-19(2)9-8-15-30(34,25(32)33)21-12-17-28(6)20(21)10-11-23-27(5)16-14-24(31)26(3,4)22(27)13-18-29(23,28)7/h9,20-23,34H,8,10-18H2,1-7H3,(H,32,33). The van der Waals surface area contributed by atoms with Crippen LogP contribution in [0.5, 0.6) is 0 Å². The summed E-state index contributed by atoms with van der Waals surface area (Å²) in [7, 11) is 0. The van der Waals surface area contributed by atoms with Crippen LogP contribution in [0.2, 0.25) is 0 Å². The molecule has 8 atom stereocenters. The molecule has 8 unspecified atom stereocenters. The topological polar surface area (TPSA) is 74.6 Å². The van der Waals surface area contributed by atoms with Crippen LogP contribution in [0.4, 0.5) is 0 Å². The highest BCUT2D eigenvalue weighted by Crippen LogP contribution is 2.75. The number of aliphatic carboxylic acids is 1. The van der Waals surface area contributed by atoms with Gasteiger partial charge in [-0.25, -0.2) is 4.79 Å². The molecular weight excluding hydrogens is 424 g/mol. The first kappa shape index (κ1) is 25.9. The van der Waals surface area contributed by atoms with Gasteiger partial charge in [0.15, 0.2) is 5.60 Å². The molecule has 0 aromatic carbocycles. The monoisotopic (exact) mass is 472 g/mol. The van der Waals surface area contributed by atoms with Crippen LogP contribution in [-0.4, -0.2) is 27.6 Å². The second kappa shape index (κ2) is 8.18. The normalized spacial score (nSPS) is 44.9. The van der Waals surface area contributed by atoms with Crippen molar-refractivity contribution in [3.8, 4) is 0 Å². The number of fused-ring (bicyclic) bond motifs is 5. The van der Waals surface area contributed by atoms with Gasteiger partial charge in [-0.3, -0.25) is 4.79 Å². The molecule has 4 heteroatoms. The molecule has 34 heavy (non-hydrogen) atoms. The van der Waals surface area contributed by atoms with Crippen molar-refractivity contribution < 1.29 is 19.8 Å². The summed E-state index contributed by atoms with van der Waals surface area (Å²) in [5, 5.41) is 21.8. The van der Waals surface area contributed by atoms with E-state index >= 15 is 0 Å². The highest BCUT2D eigenvalue weighted by Gasteiger charge is 2.70. The third kappa shape index (κ3) is 3.40. The van der Waals surface area contributed by atoms with E-state index in [0.29, 0.717) is 36.9 Å². The van der Waals surface area contributed by atoms with E-state index in [1.807, 2.05) is 13.8 Å². The van der Waals surface area contributed by atoms with Crippen LogP contribution >= 0.6 is 0 Å². The number of aliphatic hydroxyl groups is 1. The molecule has 0 saturated heterocycles. The molecule has 0 aliphatic heterocycles. The fourth-order valence-electron chi connectivity index (χ4n) is 10.1. The lowest BCUT2D eigenvalue weighted by Gasteiger charge is -2.69. The number of Topliss-reactive ketones (excluding diaryl/α,β-unsaturated/α-hetero) is 1. The molecular formula is C30H48O4. The van der Waals surface area contributed by atoms with E-state index in [2.05, 4.69) is 40.7 Å². The van der Waals surface area contributed by atoms with Gasteiger partial charge in [0, 0.05) is 17.8 Å². The van der Waals surface area contributed by atoms with Gasteiger partial charge in [0.25, 0.3) is 0 Å². The van der Waals surface area contributed by atoms with E-state index in [-0.39, 0.29) is 33.5 Å². The Balaban J connectivity index is 1.66. The average molecular weight is 473 g/mol. The Morgan fingerprint density at radius 3 is 2.24 bits per heavy atom. The number of allylic oxidation sites excluding steroid dienone is 2. The number of carbonyl (C=O) groups excluding carboxylic acids is 1. The van der Waals surface area contributed by atoms with E-state index < -0.39 is 11.6 Å². The fraction of sp³-hybridized carbons (Fsp3) is 0.867. The molecule has 0 aromatic heterocycles. The summed E-state index contributed by atoms with van der Waals surface area (Å²) >= 11 is 0. The zero-order valence-electron chi connectivity index (χ0n) is 22.7. The molecule has 0 radical (unpaired) electrons. The molecule has 4 saturated carbocycles. The minimum absolute atomic E-state index is 0.0279.